The lowest BCUT2D eigenvalue weighted by Gasteiger charge is -2.24. The first-order chi connectivity index (χ1) is 7.76. The van der Waals surface area contributed by atoms with Gasteiger partial charge in [0, 0.05) is 7.26 Å². The van der Waals surface area contributed by atoms with Crippen LogP contribution in [-0.4, -0.2) is 18.5 Å². The SMILES string of the molecule is C=CCC[P+](CC)(CC)Cc1ccccc1. The summed E-state index contributed by atoms with van der Waals surface area (Å²) in [6, 6.07) is 11.0. The molecule has 0 N–H and O–H groups in total. The van der Waals surface area contributed by atoms with Crippen LogP contribution in [0.3, 0.4) is 0 Å². The van der Waals surface area contributed by atoms with Gasteiger partial charge in [0.05, 0.1) is 24.6 Å². The highest BCUT2D eigenvalue weighted by atomic mass is 31.2. The summed E-state index contributed by atoms with van der Waals surface area (Å²) in [6.07, 6.45) is 8.68. The monoisotopic (exact) mass is 235 g/mol. The van der Waals surface area contributed by atoms with Crippen molar-refractivity contribution in [3.8, 4) is 0 Å². The number of rotatable bonds is 7. The van der Waals surface area contributed by atoms with E-state index in [1.54, 1.807) is 0 Å². The van der Waals surface area contributed by atoms with Gasteiger partial charge in [-0.25, -0.2) is 0 Å². The Morgan fingerprint density at radius 3 is 2.25 bits per heavy atom. The first kappa shape index (κ1) is 13.5. The Morgan fingerprint density at radius 2 is 1.75 bits per heavy atom. The molecule has 0 aromatic heterocycles. The van der Waals surface area contributed by atoms with E-state index in [9.17, 15) is 0 Å². The molecule has 16 heavy (non-hydrogen) atoms. The maximum atomic E-state index is 3.86. The van der Waals surface area contributed by atoms with Crippen molar-refractivity contribution < 1.29 is 0 Å². The molecule has 0 amide bonds. The predicted octanol–water partition coefficient (Wildman–Crippen LogP) is 4.82. The van der Waals surface area contributed by atoms with Crippen LogP contribution < -0.4 is 0 Å². The summed E-state index contributed by atoms with van der Waals surface area (Å²) < 4.78 is 0. The average molecular weight is 235 g/mol. The molecule has 0 saturated carbocycles. The maximum absolute atomic E-state index is 3.86. The van der Waals surface area contributed by atoms with Gasteiger partial charge in [0.15, 0.2) is 0 Å². The number of hydrogen-bond acceptors (Lipinski definition) is 0. The summed E-state index contributed by atoms with van der Waals surface area (Å²) >= 11 is 0. The van der Waals surface area contributed by atoms with E-state index >= 15 is 0 Å². The first-order valence-corrected chi connectivity index (χ1v) is 8.79. The molecule has 0 heterocycles. The summed E-state index contributed by atoms with van der Waals surface area (Å²) in [5.74, 6) is 0. The van der Waals surface area contributed by atoms with Gasteiger partial charge in [0.25, 0.3) is 0 Å². The van der Waals surface area contributed by atoms with Crippen molar-refractivity contribution >= 4 is 7.26 Å². The van der Waals surface area contributed by atoms with E-state index in [1.165, 1.54) is 36.6 Å². The molecule has 0 radical (unpaired) electrons. The number of hydrogen-bond donors (Lipinski definition) is 0. The third-order valence-corrected chi connectivity index (χ3v) is 8.44. The maximum Gasteiger partial charge on any atom is 0.0842 e. The molecule has 1 rings (SSSR count). The molecule has 1 aromatic rings. The van der Waals surface area contributed by atoms with E-state index in [1.807, 2.05) is 0 Å². The Balaban J connectivity index is 2.73. The van der Waals surface area contributed by atoms with E-state index < -0.39 is 7.26 Å². The van der Waals surface area contributed by atoms with Gasteiger partial charge >= 0.3 is 0 Å². The first-order valence-electron chi connectivity index (χ1n) is 6.26. The summed E-state index contributed by atoms with van der Waals surface area (Å²) in [7, 11) is -0.768. The van der Waals surface area contributed by atoms with Crippen molar-refractivity contribution in [2.75, 3.05) is 18.5 Å². The minimum atomic E-state index is -0.768. The Kier molecular flexibility index (Phi) is 5.77. The van der Waals surface area contributed by atoms with Crippen LogP contribution >= 0.6 is 7.26 Å². The third-order valence-electron chi connectivity index (χ3n) is 3.51. The van der Waals surface area contributed by atoms with Gasteiger partial charge in [-0.3, -0.25) is 0 Å². The van der Waals surface area contributed by atoms with Crippen molar-refractivity contribution in [1.29, 1.82) is 0 Å². The van der Waals surface area contributed by atoms with Gasteiger partial charge < -0.3 is 0 Å². The largest absolute Gasteiger partial charge is 0.103 e. The zero-order valence-electron chi connectivity index (χ0n) is 10.7. The molecule has 0 aliphatic carbocycles. The molecular formula is C15H24P+. The van der Waals surface area contributed by atoms with Crippen LogP contribution in [0.5, 0.6) is 0 Å². The van der Waals surface area contributed by atoms with E-state index in [-0.39, 0.29) is 0 Å². The van der Waals surface area contributed by atoms with Crippen LogP contribution in [0.15, 0.2) is 43.0 Å². The molecule has 0 spiro atoms. The topological polar surface area (TPSA) is 0 Å². The summed E-state index contributed by atoms with van der Waals surface area (Å²) in [4.78, 5) is 0. The fourth-order valence-corrected chi connectivity index (χ4v) is 5.58. The summed E-state index contributed by atoms with van der Waals surface area (Å²) in [5.41, 5.74) is 1.52. The van der Waals surface area contributed by atoms with Crippen LogP contribution in [0.2, 0.25) is 0 Å². The highest BCUT2D eigenvalue weighted by Crippen LogP contribution is 2.61. The molecular weight excluding hydrogens is 211 g/mol. The van der Waals surface area contributed by atoms with Crippen LogP contribution in [0, 0.1) is 0 Å². The Bertz CT molecular complexity index is 298. The molecule has 0 aliphatic rings. The minimum absolute atomic E-state index is 0.768. The predicted molar refractivity (Wildman–Crippen MR) is 77.8 cm³/mol. The van der Waals surface area contributed by atoms with Crippen molar-refractivity contribution in [2.24, 2.45) is 0 Å². The number of allylic oxidation sites excluding steroid dienone is 1. The minimum Gasteiger partial charge on any atom is -0.103 e. The highest BCUT2D eigenvalue weighted by Gasteiger charge is 2.32. The molecule has 0 saturated heterocycles. The zero-order chi connectivity index (χ0) is 11.9. The van der Waals surface area contributed by atoms with Crippen LogP contribution in [-0.2, 0) is 6.16 Å². The van der Waals surface area contributed by atoms with Crippen molar-refractivity contribution in [2.45, 2.75) is 26.4 Å². The van der Waals surface area contributed by atoms with Crippen LogP contribution in [0.4, 0.5) is 0 Å². The molecule has 0 bridgehead atoms. The normalized spacial score (nSPS) is 11.4. The van der Waals surface area contributed by atoms with E-state index in [0.29, 0.717) is 0 Å². The second-order valence-electron chi connectivity index (χ2n) is 4.42. The Hall–Kier alpha value is -0.610. The molecule has 88 valence electrons. The fourth-order valence-electron chi connectivity index (χ4n) is 2.18. The van der Waals surface area contributed by atoms with Crippen molar-refractivity contribution in [3.05, 3.63) is 48.6 Å². The van der Waals surface area contributed by atoms with Gasteiger partial charge in [0.2, 0.25) is 0 Å². The second-order valence-corrected chi connectivity index (χ2v) is 9.13. The van der Waals surface area contributed by atoms with E-state index in [2.05, 4.69) is 56.8 Å². The van der Waals surface area contributed by atoms with E-state index in [0.717, 1.165) is 0 Å². The van der Waals surface area contributed by atoms with Gasteiger partial charge in [0.1, 0.15) is 0 Å². The van der Waals surface area contributed by atoms with Crippen LogP contribution in [0.1, 0.15) is 25.8 Å². The lowest BCUT2D eigenvalue weighted by molar-refractivity contribution is 1.15. The average Bonchev–Trinajstić information content (AvgIpc) is 2.36. The molecule has 0 aliphatic heterocycles. The standard InChI is InChI=1S/C15H24P/c1-4-7-13-16(5-2,6-3)14-15-11-9-8-10-12-15/h4,8-12H,1,5-7,13-14H2,2-3H3/q+1. The number of benzene rings is 1. The zero-order valence-corrected chi connectivity index (χ0v) is 11.5. The Labute approximate surface area is 101 Å². The second kappa shape index (κ2) is 6.86. The quantitative estimate of drug-likeness (QED) is 0.469. The molecule has 0 fully saturated rings. The van der Waals surface area contributed by atoms with Crippen molar-refractivity contribution in [3.63, 3.8) is 0 Å². The molecule has 1 aromatic carbocycles. The summed E-state index contributed by atoms with van der Waals surface area (Å²) in [6.45, 7) is 8.59. The van der Waals surface area contributed by atoms with Gasteiger partial charge in [-0.1, -0.05) is 36.4 Å². The molecule has 0 unspecified atom stereocenters. The van der Waals surface area contributed by atoms with Gasteiger partial charge in [-0.2, -0.15) is 0 Å². The van der Waals surface area contributed by atoms with Crippen LogP contribution in [0.25, 0.3) is 0 Å². The molecule has 0 atom stereocenters. The third kappa shape index (κ3) is 3.76. The lowest BCUT2D eigenvalue weighted by atomic mass is 10.2. The summed E-state index contributed by atoms with van der Waals surface area (Å²) in [5, 5.41) is 0. The van der Waals surface area contributed by atoms with Crippen molar-refractivity contribution in [1.82, 2.24) is 0 Å². The van der Waals surface area contributed by atoms with Gasteiger partial charge in [-0.05, 0) is 25.8 Å². The Morgan fingerprint density at radius 1 is 1.12 bits per heavy atom. The highest BCUT2D eigenvalue weighted by molar-refractivity contribution is 7.75. The molecule has 0 nitrogen and oxygen atoms in total. The lowest BCUT2D eigenvalue weighted by Crippen LogP contribution is -2.07. The smallest absolute Gasteiger partial charge is 0.0842 e. The van der Waals surface area contributed by atoms with Gasteiger partial charge in [-0.15, -0.1) is 6.58 Å². The molecule has 1 heteroatoms. The fraction of sp³-hybridized carbons (Fsp3) is 0.467. The van der Waals surface area contributed by atoms with E-state index in [4.69, 9.17) is 0 Å².